The molecule has 0 aromatic heterocycles. The largest absolute Gasteiger partial charge is 0.371 e. The van der Waals surface area contributed by atoms with E-state index < -0.39 is 5.91 Å². The molecule has 0 radical (unpaired) electrons. The summed E-state index contributed by atoms with van der Waals surface area (Å²) < 4.78 is 0. The molecule has 1 aromatic carbocycles. The van der Waals surface area contributed by atoms with Crippen molar-refractivity contribution in [1.82, 2.24) is 10.2 Å². The Balaban J connectivity index is 1.85. The molecule has 24 heavy (non-hydrogen) atoms. The molecule has 3 rings (SSSR count). The quantitative estimate of drug-likeness (QED) is 0.517. The Morgan fingerprint density at radius 2 is 2.12 bits per heavy atom. The molecule has 6 heteroatoms. The van der Waals surface area contributed by atoms with Gasteiger partial charge in [0.2, 0.25) is 0 Å². The van der Waals surface area contributed by atoms with Gasteiger partial charge in [0, 0.05) is 25.8 Å². The zero-order valence-corrected chi connectivity index (χ0v) is 14.8. The van der Waals surface area contributed by atoms with Crippen LogP contribution in [0.25, 0.3) is 6.08 Å². The predicted octanol–water partition coefficient (Wildman–Crippen LogP) is 2.11. The second-order valence-electron chi connectivity index (χ2n) is 6.16. The van der Waals surface area contributed by atoms with Crippen molar-refractivity contribution < 1.29 is 9.59 Å². The van der Waals surface area contributed by atoms with Crippen LogP contribution in [0, 0.1) is 0 Å². The second kappa shape index (κ2) is 6.73. The first-order chi connectivity index (χ1) is 11.5. The van der Waals surface area contributed by atoms with Crippen LogP contribution in [-0.2, 0) is 16.0 Å². The van der Waals surface area contributed by atoms with Crippen molar-refractivity contribution in [2.45, 2.75) is 26.2 Å². The minimum atomic E-state index is -0.437. The van der Waals surface area contributed by atoms with Crippen molar-refractivity contribution >= 4 is 40.9 Å². The lowest BCUT2D eigenvalue weighted by atomic mass is 10.0. The number of nitrogens with zero attached hydrogens (tertiary/aromatic N) is 2. The van der Waals surface area contributed by atoms with Crippen molar-refractivity contribution in [2.75, 3.05) is 25.0 Å². The van der Waals surface area contributed by atoms with Crippen LogP contribution in [0.1, 0.15) is 30.9 Å². The number of nitrogens with one attached hydrogen (secondary N) is 1. The van der Waals surface area contributed by atoms with Gasteiger partial charge in [0.05, 0.1) is 0 Å². The maximum Gasteiger partial charge on any atom is 0.265 e. The molecule has 2 aliphatic heterocycles. The molecule has 1 N–H and O–H groups in total. The monoisotopic (exact) mass is 343 g/mol. The first-order valence-corrected chi connectivity index (χ1v) is 8.65. The molecule has 1 saturated heterocycles. The molecule has 0 atom stereocenters. The van der Waals surface area contributed by atoms with E-state index in [9.17, 15) is 9.59 Å². The van der Waals surface area contributed by atoms with Gasteiger partial charge in [-0.15, -0.1) is 0 Å². The van der Waals surface area contributed by atoms with Crippen LogP contribution in [0.3, 0.4) is 0 Å². The zero-order chi connectivity index (χ0) is 17.3. The van der Waals surface area contributed by atoms with E-state index >= 15 is 0 Å². The molecule has 2 heterocycles. The third kappa shape index (κ3) is 3.06. The molecule has 2 aliphatic rings. The number of fused-ring (bicyclic) bond motifs is 1. The number of thiocarbonyl (C=S) groups is 1. The summed E-state index contributed by atoms with van der Waals surface area (Å²) >= 11 is 4.95. The first kappa shape index (κ1) is 16.6. The Morgan fingerprint density at radius 1 is 1.33 bits per heavy atom. The summed E-state index contributed by atoms with van der Waals surface area (Å²) in [4.78, 5) is 28.0. The van der Waals surface area contributed by atoms with E-state index in [0.717, 1.165) is 25.1 Å². The fraction of sp³-hybridized carbons (Fsp3) is 0.389. The number of carbonyl (C=O) groups excluding carboxylic acids is 2. The van der Waals surface area contributed by atoms with Crippen LogP contribution < -0.4 is 10.2 Å². The summed E-state index contributed by atoms with van der Waals surface area (Å²) in [6.07, 6.45) is 5.01. The van der Waals surface area contributed by atoms with Crippen molar-refractivity contribution in [3.8, 4) is 0 Å². The highest BCUT2D eigenvalue weighted by molar-refractivity contribution is 7.80. The minimum absolute atomic E-state index is 0.117. The summed E-state index contributed by atoms with van der Waals surface area (Å²) in [5.41, 5.74) is 3.52. The first-order valence-electron chi connectivity index (χ1n) is 8.24. The Kier molecular flexibility index (Phi) is 4.66. The van der Waals surface area contributed by atoms with Gasteiger partial charge in [-0.2, -0.15) is 0 Å². The lowest BCUT2D eigenvalue weighted by Crippen LogP contribution is -2.52. The average Bonchev–Trinajstić information content (AvgIpc) is 2.97. The standard InChI is InChI=1S/C18H21N3O2S/c1-3-4-8-21-9-7-13-10-12(5-6-15(13)21)11-14-16(22)19-18(24)20(2)17(14)23/h5-6,10-11H,3-4,7-9H2,1-2H3,(H,19,22,24)/b14-11+. The van der Waals surface area contributed by atoms with Gasteiger partial charge >= 0.3 is 0 Å². The molecule has 1 fully saturated rings. The summed E-state index contributed by atoms with van der Waals surface area (Å²) in [5.74, 6) is -0.804. The number of hydrogen-bond acceptors (Lipinski definition) is 4. The third-order valence-electron chi connectivity index (χ3n) is 4.49. The van der Waals surface area contributed by atoms with E-state index in [0.29, 0.717) is 0 Å². The molecule has 5 nitrogen and oxygen atoms in total. The Labute approximate surface area is 147 Å². The predicted molar refractivity (Wildman–Crippen MR) is 98.8 cm³/mol. The molecule has 0 bridgehead atoms. The third-order valence-corrected chi connectivity index (χ3v) is 4.87. The van der Waals surface area contributed by atoms with Crippen LogP contribution in [0.5, 0.6) is 0 Å². The maximum atomic E-state index is 12.3. The molecule has 0 unspecified atom stereocenters. The van der Waals surface area contributed by atoms with Crippen LogP contribution in [-0.4, -0.2) is 42.0 Å². The van der Waals surface area contributed by atoms with Gasteiger partial charge in [-0.3, -0.25) is 19.8 Å². The van der Waals surface area contributed by atoms with E-state index in [4.69, 9.17) is 12.2 Å². The molecule has 1 aromatic rings. The number of rotatable bonds is 4. The van der Waals surface area contributed by atoms with Gasteiger partial charge in [-0.25, -0.2) is 0 Å². The molecular formula is C18H21N3O2S. The van der Waals surface area contributed by atoms with E-state index in [2.05, 4.69) is 29.3 Å². The van der Waals surface area contributed by atoms with E-state index in [1.165, 1.54) is 29.0 Å². The average molecular weight is 343 g/mol. The van der Waals surface area contributed by atoms with Crippen LogP contribution >= 0.6 is 12.2 Å². The summed E-state index contributed by atoms with van der Waals surface area (Å²) in [7, 11) is 1.56. The van der Waals surface area contributed by atoms with Crippen molar-refractivity contribution in [3.05, 3.63) is 34.9 Å². The Morgan fingerprint density at radius 3 is 2.88 bits per heavy atom. The molecule has 2 amide bonds. The van der Waals surface area contributed by atoms with Crippen molar-refractivity contribution in [3.63, 3.8) is 0 Å². The topological polar surface area (TPSA) is 52.7 Å². The van der Waals surface area contributed by atoms with E-state index in [1.54, 1.807) is 13.1 Å². The molecule has 126 valence electrons. The Hall–Kier alpha value is -2.21. The number of benzene rings is 1. The van der Waals surface area contributed by atoms with Crippen LogP contribution in [0.4, 0.5) is 5.69 Å². The summed E-state index contributed by atoms with van der Waals surface area (Å²) in [6.45, 7) is 4.31. The van der Waals surface area contributed by atoms with E-state index in [-0.39, 0.29) is 16.6 Å². The number of likely N-dealkylation sites (N-methyl/N-ethyl adjacent to an activating group) is 1. The number of hydrogen-bond donors (Lipinski definition) is 1. The molecule has 0 spiro atoms. The normalized spacial score (nSPS) is 19.1. The number of unbranched alkanes of at least 4 members (excludes halogenated alkanes) is 1. The second-order valence-corrected chi connectivity index (χ2v) is 6.55. The van der Waals surface area contributed by atoms with Gasteiger partial charge in [-0.05, 0) is 54.4 Å². The van der Waals surface area contributed by atoms with Gasteiger partial charge < -0.3 is 4.90 Å². The van der Waals surface area contributed by atoms with Crippen molar-refractivity contribution in [2.24, 2.45) is 0 Å². The zero-order valence-electron chi connectivity index (χ0n) is 14.0. The summed E-state index contributed by atoms with van der Waals surface area (Å²) in [6, 6.07) is 6.12. The van der Waals surface area contributed by atoms with Gasteiger partial charge in [0.25, 0.3) is 11.8 Å². The van der Waals surface area contributed by atoms with Crippen LogP contribution in [0.15, 0.2) is 23.8 Å². The maximum absolute atomic E-state index is 12.3. The highest BCUT2D eigenvalue weighted by Crippen LogP contribution is 2.30. The minimum Gasteiger partial charge on any atom is -0.371 e. The number of amides is 2. The smallest absolute Gasteiger partial charge is 0.265 e. The molecular weight excluding hydrogens is 322 g/mol. The fourth-order valence-corrected chi connectivity index (χ4v) is 3.25. The van der Waals surface area contributed by atoms with Crippen LogP contribution in [0.2, 0.25) is 0 Å². The lowest BCUT2D eigenvalue weighted by molar-refractivity contribution is -0.128. The van der Waals surface area contributed by atoms with Crippen molar-refractivity contribution in [1.29, 1.82) is 0 Å². The number of anilines is 1. The SMILES string of the molecule is CCCCN1CCc2cc(/C=C3\C(=O)NC(=S)N(C)C3=O)ccc21. The molecule has 0 saturated carbocycles. The fourth-order valence-electron chi connectivity index (χ4n) is 3.07. The highest BCUT2D eigenvalue weighted by Gasteiger charge is 2.30. The van der Waals surface area contributed by atoms with Gasteiger partial charge in [0.15, 0.2) is 5.11 Å². The van der Waals surface area contributed by atoms with Gasteiger partial charge in [-0.1, -0.05) is 19.4 Å². The highest BCUT2D eigenvalue weighted by atomic mass is 32.1. The summed E-state index contributed by atoms with van der Waals surface area (Å²) in [5, 5.41) is 2.67. The number of carbonyl (C=O) groups is 2. The lowest BCUT2D eigenvalue weighted by Gasteiger charge is -2.25. The molecule has 0 aliphatic carbocycles. The van der Waals surface area contributed by atoms with E-state index in [1.807, 2.05) is 6.07 Å². The van der Waals surface area contributed by atoms with Gasteiger partial charge in [0.1, 0.15) is 5.57 Å². The Bertz CT molecular complexity index is 742.